The lowest BCUT2D eigenvalue weighted by Crippen LogP contribution is -2.00. The second kappa shape index (κ2) is 7.22. The number of hydrogen-bond acceptors (Lipinski definition) is 4. The first-order chi connectivity index (χ1) is 8.81. The first-order valence-electron chi connectivity index (χ1n) is 6.09. The number of nitrogens with one attached hydrogen (secondary N) is 1. The Hall–Kier alpha value is -0.450. The molecule has 0 saturated carbocycles. The number of anilines is 1. The molecular weight excluding hydrogens is 284 g/mol. The van der Waals surface area contributed by atoms with E-state index in [-0.39, 0.29) is 0 Å². The molecule has 0 radical (unpaired) electrons. The molecule has 0 aliphatic rings. The van der Waals surface area contributed by atoms with E-state index >= 15 is 0 Å². The van der Waals surface area contributed by atoms with Gasteiger partial charge in [0.1, 0.15) is 0 Å². The molecule has 1 aromatic carbocycles. The summed E-state index contributed by atoms with van der Waals surface area (Å²) in [6.07, 6.45) is 5.93. The van der Waals surface area contributed by atoms with Crippen molar-refractivity contribution in [1.82, 2.24) is 4.98 Å². The molecule has 2 rings (SSSR count). The lowest BCUT2D eigenvalue weighted by atomic mass is 10.2. The lowest BCUT2D eigenvalue weighted by molar-refractivity contribution is 0.749. The summed E-state index contributed by atoms with van der Waals surface area (Å²) in [5, 5.41) is 5.14. The first kappa shape index (κ1) is 14.0. The minimum Gasteiger partial charge on any atom is -0.361 e. The van der Waals surface area contributed by atoms with Crippen LogP contribution in [0.2, 0.25) is 5.02 Å². The third-order valence-corrected chi connectivity index (χ3v) is 4.85. The van der Waals surface area contributed by atoms with Gasteiger partial charge in [-0.15, -0.1) is 0 Å². The maximum atomic E-state index is 6.13. The molecule has 2 nitrogen and oxygen atoms in total. The maximum Gasteiger partial charge on any atom is 0.183 e. The van der Waals surface area contributed by atoms with Crippen molar-refractivity contribution in [3.8, 4) is 0 Å². The predicted molar refractivity (Wildman–Crippen MR) is 85.4 cm³/mol. The fourth-order valence-corrected chi connectivity index (χ4v) is 3.41. The SMILES string of the molecule is CSCCCCCNc1nc2cccc(Cl)c2s1. The lowest BCUT2D eigenvalue weighted by Gasteiger charge is -2.01. The Kier molecular flexibility index (Phi) is 5.60. The van der Waals surface area contributed by atoms with E-state index in [1.165, 1.54) is 25.0 Å². The molecule has 1 N–H and O–H groups in total. The van der Waals surface area contributed by atoms with Crippen LogP contribution in [0.25, 0.3) is 10.2 Å². The number of benzene rings is 1. The first-order valence-corrected chi connectivity index (χ1v) is 8.68. The zero-order valence-electron chi connectivity index (χ0n) is 10.4. The van der Waals surface area contributed by atoms with Crippen molar-refractivity contribution in [2.24, 2.45) is 0 Å². The van der Waals surface area contributed by atoms with Gasteiger partial charge in [0, 0.05) is 6.54 Å². The van der Waals surface area contributed by atoms with Crippen LogP contribution in [-0.4, -0.2) is 23.5 Å². The van der Waals surface area contributed by atoms with Crippen LogP contribution in [0.5, 0.6) is 0 Å². The average Bonchev–Trinajstić information content (AvgIpc) is 2.78. The molecule has 0 atom stereocenters. The van der Waals surface area contributed by atoms with E-state index in [0.29, 0.717) is 0 Å². The van der Waals surface area contributed by atoms with E-state index < -0.39 is 0 Å². The van der Waals surface area contributed by atoms with Gasteiger partial charge in [-0.05, 0) is 37.0 Å². The summed E-state index contributed by atoms with van der Waals surface area (Å²) in [6.45, 7) is 0.992. The van der Waals surface area contributed by atoms with Gasteiger partial charge in [0.15, 0.2) is 5.13 Å². The highest BCUT2D eigenvalue weighted by Crippen LogP contribution is 2.31. The van der Waals surface area contributed by atoms with Crippen molar-refractivity contribution in [3.05, 3.63) is 23.2 Å². The topological polar surface area (TPSA) is 24.9 Å². The molecule has 0 bridgehead atoms. The summed E-state index contributed by atoms with van der Waals surface area (Å²) < 4.78 is 1.07. The third kappa shape index (κ3) is 3.77. The smallest absolute Gasteiger partial charge is 0.183 e. The molecule has 2 aromatic rings. The Bertz CT molecular complexity index is 499. The Morgan fingerprint density at radius 1 is 1.33 bits per heavy atom. The zero-order valence-corrected chi connectivity index (χ0v) is 12.8. The highest BCUT2D eigenvalue weighted by Gasteiger charge is 2.05. The van der Waals surface area contributed by atoms with Crippen LogP contribution in [0.3, 0.4) is 0 Å². The highest BCUT2D eigenvalue weighted by molar-refractivity contribution is 7.98. The largest absolute Gasteiger partial charge is 0.361 e. The predicted octanol–water partition coefficient (Wildman–Crippen LogP) is 4.89. The average molecular weight is 301 g/mol. The normalized spacial score (nSPS) is 11.0. The van der Waals surface area contributed by atoms with Crippen molar-refractivity contribution in [2.75, 3.05) is 23.9 Å². The van der Waals surface area contributed by atoms with Crippen LogP contribution in [0.15, 0.2) is 18.2 Å². The van der Waals surface area contributed by atoms with Gasteiger partial charge in [-0.25, -0.2) is 4.98 Å². The molecule has 98 valence electrons. The van der Waals surface area contributed by atoms with Crippen LogP contribution in [0, 0.1) is 0 Å². The summed E-state index contributed by atoms with van der Waals surface area (Å²) in [5.41, 5.74) is 0.984. The zero-order chi connectivity index (χ0) is 12.8. The Morgan fingerprint density at radius 3 is 3.00 bits per heavy atom. The van der Waals surface area contributed by atoms with Gasteiger partial charge in [0.2, 0.25) is 0 Å². The number of nitrogens with zero attached hydrogens (tertiary/aromatic N) is 1. The molecule has 1 aromatic heterocycles. The number of thioether (sulfide) groups is 1. The van der Waals surface area contributed by atoms with E-state index in [4.69, 9.17) is 11.6 Å². The van der Waals surface area contributed by atoms with Crippen molar-refractivity contribution in [2.45, 2.75) is 19.3 Å². The van der Waals surface area contributed by atoms with Gasteiger partial charge in [-0.3, -0.25) is 0 Å². The van der Waals surface area contributed by atoms with Gasteiger partial charge in [0.05, 0.1) is 15.2 Å². The Morgan fingerprint density at radius 2 is 2.22 bits per heavy atom. The van der Waals surface area contributed by atoms with E-state index in [1.807, 2.05) is 30.0 Å². The van der Waals surface area contributed by atoms with Gasteiger partial charge < -0.3 is 5.32 Å². The molecule has 0 aliphatic heterocycles. The van der Waals surface area contributed by atoms with Crippen LogP contribution in [0.1, 0.15) is 19.3 Å². The minimum atomic E-state index is 0.790. The second-order valence-electron chi connectivity index (χ2n) is 4.09. The Balaban J connectivity index is 1.83. The monoisotopic (exact) mass is 300 g/mol. The second-order valence-corrected chi connectivity index (χ2v) is 6.48. The molecule has 1 heterocycles. The van der Waals surface area contributed by atoms with Crippen molar-refractivity contribution >= 4 is 50.0 Å². The van der Waals surface area contributed by atoms with E-state index in [0.717, 1.165) is 26.9 Å². The molecular formula is C13H17ClN2S2. The highest BCUT2D eigenvalue weighted by atomic mass is 35.5. The van der Waals surface area contributed by atoms with Gasteiger partial charge in [-0.2, -0.15) is 11.8 Å². The molecule has 5 heteroatoms. The summed E-state index contributed by atoms with van der Waals surface area (Å²) in [4.78, 5) is 4.53. The summed E-state index contributed by atoms with van der Waals surface area (Å²) >= 11 is 9.68. The van der Waals surface area contributed by atoms with Crippen molar-refractivity contribution < 1.29 is 0 Å². The number of fused-ring (bicyclic) bond motifs is 1. The molecule has 0 amide bonds. The summed E-state index contributed by atoms with van der Waals surface area (Å²) in [7, 11) is 0. The van der Waals surface area contributed by atoms with E-state index in [9.17, 15) is 0 Å². The van der Waals surface area contributed by atoms with Crippen LogP contribution < -0.4 is 5.32 Å². The summed E-state index contributed by atoms with van der Waals surface area (Å²) in [6, 6.07) is 5.85. The number of thiazole rings is 1. The molecule has 0 aliphatic carbocycles. The fraction of sp³-hybridized carbons (Fsp3) is 0.462. The number of rotatable bonds is 7. The number of unbranched alkanes of at least 4 members (excludes halogenated alkanes) is 2. The van der Waals surface area contributed by atoms with Gasteiger partial charge >= 0.3 is 0 Å². The minimum absolute atomic E-state index is 0.790. The van der Waals surface area contributed by atoms with Gasteiger partial charge in [0.25, 0.3) is 0 Å². The van der Waals surface area contributed by atoms with Crippen molar-refractivity contribution in [3.63, 3.8) is 0 Å². The number of halogens is 1. The van der Waals surface area contributed by atoms with Gasteiger partial charge in [-0.1, -0.05) is 35.4 Å². The van der Waals surface area contributed by atoms with E-state index in [2.05, 4.69) is 16.6 Å². The van der Waals surface area contributed by atoms with E-state index in [1.54, 1.807) is 11.3 Å². The molecule has 18 heavy (non-hydrogen) atoms. The van der Waals surface area contributed by atoms with Crippen LogP contribution in [0.4, 0.5) is 5.13 Å². The molecule has 0 unspecified atom stereocenters. The summed E-state index contributed by atoms with van der Waals surface area (Å²) in [5.74, 6) is 1.26. The quantitative estimate of drug-likeness (QED) is 0.737. The standard InChI is InChI=1S/C13H17ClN2S2/c1-17-9-4-2-3-8-15-13-16-11-7-5-6-10(14)12(11)18-13/h5-7H,2-4,8-9H2,1H3,(H,15,16). The fourth-order valence-electron chi connectivity index (χ4n) is 1.73. The number of hydrogen-bond donors (Lipinski definition) is 1. The van der Waals surface area contributed by atoms with Crippen LogP contribution in [-0.2, 0) is 0 Å². The third-order valence-electron chi connectivity index (χ3n) is 2.67. The maximum absolute atomic E-state index is 6.13. The molecule has 0 saturated heterocycles. The van der Waals surface area contributed by atoms with Crippen LogP contribution >= 0.6 is 34.7 Å². The molecule has 0 fully saturated rings. The van der Waals surface area contributed by atoms with Crippen molar-refractivity contribution in [1.29, 1.82) is 0 Å². The Labute approximate surface area is 121 Å². The molecule has 0 spiro atoms. The number of aromatic nitrogens is 1.